The van der Waals surface area contributed by atoms with Gasteiger partial charge in [-0.25, -0.2) is 4.98 Å². The number of carbonyl (C=O) groups excluding carboxylic acids is 1. The third-order valence-electron chi connectivity index (χ3n) is 1.92. The van der Waals surface area contributed by atoms with E-state index in [0.717, 1.165) is 19.1 Å². The number of hydrogen-bond acceptors (Lipinski definition) is 3. The molecular weight excluding hydrogens is 602 g/mol. The normalized spacial score (nSPS) is 8.16. The molecule has 0 N–H and O–H groups in total. The maximum atomic E-state index is 10.0. The van der Waals surface area contributed by atoms with Crippen molar-refractivity contribution < 1.29 is 23.0 Å². The van der Waals surface area contributed by atoms with E-state index in [-0.39, 0.29) is 35.5 Å². The second kappa shape index (κ2) is 24.6. The molecule has 2 aromatic heterocycles. The van der Waals surface area contributed by atoms with Crippen LogP contribution in [0.4, 0.5) is 4.39 Å². The molecule has 3 nitrogen and oxygen atoms in total. The average molecular weight is 622 g/mol. The molecule has 0 saturated carbocycles. The van der Waals surface area contributed by atoms with Gasteiger partial charge in [-0.2, -0.15) is 6.42 Å². The van der Waals surface area contributed by atoms with Crippen LogP contribution in [0.5, 0.6) is 0 Å². The number of pyridine rings is 2. The Bertz CT molecular complexity index is 520. The standard InChI is InChI=1S/C6H4BrNO.C5H3BrIN.C4H9.CH3F.ClH.Mg/c7-5-1-2-6(4-9)8-3-5;6-4-1-2-5(7)8-3-4;1-3-4-2;1-2;;/h1-4H;1-3H;1,3-4H2,2H3;1H3;1H;/q;;-1;;;+2/p-1/i;;;1D;;. The second-order valence-corrected chi connectivity index (χ2v) is 6.61. The van der Waals surface area contributed by atoms with Gasteiger partial charge in [-0.3, -0.25) is 14.2 Å². The van der Waals surface area contributed by atoms with Gasteiger partial charge < -0.3 is 19.3 Å². The van der Waals surface area contributed by atoms with Gasteiger partial charge in [-0.15, -0.1) is 0 Å². The third kappa shape index (κ3) is 22.6. The molecule has 0 amide bonds. The fraction of sp³-hybridized carbons (Fsp3) is 0.250. The molecule has 0 aliphatic rings. The zero-order valence-electron chi connectivity index (χ0n) is 14.8. The van der Waals surface area contributed by atoms with Crippen LogP contribution in [0.25, 0.3) is 0 Å². The van der Waals surface area contributed by atoms with Crippen LogP contribution < -0.4 is 12.4 Å². The third-order valence-corrected chi connectivity index (χ3v) is 3.49. The van der Waals surface area contributed by atoms with Gasteiger partial charge in [0.25, 0.3) is 0 Å². The van der Waals surface area contributed by atoms with Crippen LogP contribution >= 0.6 is 54.5 Å². The van der Waals surface area contributed by atoms with Gasteiger partial charge in [-0.1, -0.05) is 13.3 Å². The fourth-order valence-electron chi connectivity index (χ4n) is 0.815. The summed E-state index contributed by atoms with van der Waals surface area (Å²) in [4.78, 5) is 17.8. The maximum Gasteiger partial charge on any atom is 2.00 e. The summed E-state index contributed by atoms with van der Waals surface area (Å²) in [6.07, 6.45) is 6.36. The predicted octanol–water partition coefficient (Wildman–Crippen LogP) is 2.93. The molecule has 0 aliphatic carbocycles. The van der Waals surface area contributed by atoms with Crippen molar-refractivity contribution in [1.82, 2.24) is 9.97 Å². The number of halogens is 5. The first-order valence-corrected chi connectivity index (χ1v) is 9.09. The molecule has 0 spiro atoms. The summed E-state index contributed by atoms with van der Waals surface area (Å²) in [6.45, 7) is 5.72. The summed E-state index contributed by atoms with van der Waals surface area (Å²) in [6, 6.07) is 7.34. The summed E-state index contributed by atoms with van der Waals surface area (Å²) in [5, 5.41) is 0. The summed E-state index contributed by atoms with van der Waals surface area (Å²) >= 11 is 8.64. The molecule has 0 atom stereocenters. The van der Waals surface area contributed by atoms with Gasteiger partial charge >= 0.3 is 23.1 Å². The molecule has 136 valence electrons. The van der Waals surface area contributed by atoms with E-state index in [9.17, 15) is 9.18 Å². The average Bonchev–Trinajstić information content (AvgIpc) is 2.60. The number of rotatable bonds is 2. The van der Waals surface area contributed by atoms with Gasteiger partial charge in [0.05, 0.1) is 8.52 Å². The summed E-state index contributed by atoms with van der Waals surface area (Å²) in [5.41, 5.74) is 0.457. The number of nitrogens with zero attached hydrogens (tertiary/aromatic N) is 2. The van der Waals surface area contributed by atoms with Crippen LogP contribution in [-0.2, 0) is 0 Å². The molecule has 2 heterocycles. The number of hydrogen-bond donors (Lipinski definition) is 0. The number of aldehydes is 1. The molecule has 0 bridgehead atoms. The van der Waals surface area contributed by atoms with Gasteiger partial charge in [0.1, 0.15) is 9.39 Å². The monoisotopic (exact) mass is 619 g/mol. The van der Waals surface area contributed by atoms with Crippen molar-refractivity contribution in [3.05, 3.63) is 61.9 Å². The Labute approximate surface area is 203 Å². The van der Waals surface area contributed by atoms with Gasteiger partial charge in [0.2, 0.25) is 0 Å². The summed E-state index contributed by atoms with van der Waals surface area (Å²) < 4.78 is 18.4. The first-order valence-electron chi connectivity index (χ1n) is 7.14. The zero-order chi connectivity index (χ0) is 18.8. The van der Waals surface area contributed by atoms with Crippen LogP contribution in [0.3, 0.4) is 0 Å². The van der Waals surface area contributed by atoms with Crippen LogP contribution in [0.2, 0.25) is 0 Å². The first-order chi connectivity index (χ1) is 11.4. The molecule has 0 saturated heterocycles. The first kappa shape index (κ1) is 30.4. The molecule has 0 radical (unpaired) electrons. The molecule has 0 unspecified atom stereocenters. The van der Waals surface area contributed by atoms with Gasteiger partial charge in [0, 0.05) is 21.3 Å². The van der Waals surface area contributed by atoms with E-state index < -0.39 is 7.15 Å². The van der Waals surface area contributed by atoms with Crippen LogP contribution in [0, 0.1) is 10.6 Å². The van der Waals surface area contributed by atoms with Crippen molar-refractivity contribution in [3.63, 3.8) is 0 Å². The fourth-order valence-corrected chi connectivity index (χ4v) is 1.60. The Hall–Kier alpha value is 0.646. The Morgan fingerprint density at radius 1 is 1.24 bits per heavy atom. The van der Waals surface area contributed by atoms with E-state index in [4.69, 9.17) is 1.37 Å². The van der Waals surface area contributed by atoms with Crippen molar-refractivity contribution >= 4 is 83.8 Å². The molecule has 0 fully saturated rings. The van der Waals surface area contributed by atoms with Gasteiger partial charge in [0.15, 0.2) is 6.29 Å². The predicted molar refractivity (Wildman–Crippen MR) is 115 cm³/mol. The Balaban J connectivity index is -0.000000132. The van der Waals surface area contributed by atoms with E-state index in [1.165, 1.54) is 6.42 Å². The SMILES string of the molecule is Brc1ccc(I)nc1.O=Cc1ccc(Br)cn1.[2H]CF.[CH2-]CCC.[Cl-].[Mg+2]. The zero-order valence-corrected chi connectivity index (χ0v) is 21.3. The van der Waals surface area contributed by atoms with Crippen LogP contribution in [-0.4, -0.2) is 46.5 Å². The van der Waals surface area contributed by atoms with Crippen molar-refractivity contribution in [2.24, 2.45) is 0 Å². The number of alkyl halides is 1. The molecule has 9 heteroatoms. The van der Waals surface area contributed by atoms with Crippen LogP contribution in [0.15, 0.2) is 45.6 Å². The van der Waals surface area contributed by atoms with Crippen molar-refractivity contribution in [1.29, 1.82) is 0 Å². The maximum absolute atomic E-state index is 10.0. The quantitative estimate of drug-likeness (QED) is 0.170. The molecule has 0 aliphatic heterocycles. The minimum atomic E-state index is -1.00. The van der Waals surface area contributed by atoms with Crippen molar-refractivity contribution in [2.75, 3.05) is 7.15 Å². The Kier molecular flexibility index (Phi) is 29.9. The van der Waals surface area contributed by atoms with E-state index in [1.807, 2.05) is 12.1 Å². The number of aromatic nitrogens is 2. The topological polar surface area (TPSA) is 42.9 Å². The van der Waals surface area contributed by atoms with E-state index in [2.05, 4.69) is 78.3 Å². The molecule has 25 heavy (non-hydrogen) atoms. The summed E-state index contributed by atoms with van der Waals surface area (Å²) in [5.74, 6) is 0. The Morgan fingerprint density at radius 3 is 1.92 bits per heavy atom. The largest absolute Gasteiger partial charge is 2.00 e. The second-order valence-electron chi connectivity index (χ2n) is 3.67. The Morgan fingerprint density at radius 2 is 1.68 bits per heavy atom. The molecule has 2 rings (SSSR count). The van der Waals surface area contributed by atoms with Crippen molar-refractivity contribution in [2.45, 2.75) is 19.8 Å². The number of carbonyl (C=O) groups is 1. The number of unbranched alkanes of at least 4 members (excludes halogenated alkanes) is 1. The molecule has 2 aromatic rings. The van der Waals surface area contributed by atoms with E-state index >= 15 is 0 Å². The van der Waals surface area contributed by atoms with Crippen LogP contribution in [0.1, 0.15) is 31.6 Å². The van der Waals surface area contributed by atoms with E-state index in [1.54, 1.807) is 24.5 Å². The molecule has 0 aromatic carbocycles. The van der Waals surface area contributed by atoms with Gasteiger partial charge in [-0.05, 0) is 78.7 Å². The summed E-state index contributed by atoms with van der Waals surface area (Å²) in [7, 11) is -1.00. The minimum Gasteiger partial charge on any atom is -1.00 e. The minimum absolute atomic E-state index is 0. The van der Waals surface area contributed by atoms with E-state index in [0.29, 0.717) is 12.0 Å². The smallest absolute Gasteiger partial charge is 1.00 e. The van der Waals surface area contributed by atoms with Crippen molar-refractivity contribution in [3.8, 4) is 0 Å². The molecular formula is C16H19Br2ClFIMgN2O.